The average molecular weight is 307 g/mol. The summed E-state index contributed by atoms with van der Waals surface area (Å²) < 4.78 is 5.28. The number of hydrogen-bond donors (Lipinski definition) is 1. The van der Waals surface area contributed by atoms with Gasteiger partial charge in [-0.3, -0.25) is 4.90 Å². The molecule has 1 aliphatic rings. The molecule has 23 heavy (non-hydrogen) atoms. The van der Waals surface area contributed by atoms with Gasteiger partial charge in [0.25, 0.3) is 0 Å². The molecule has 0 amide bonds. The largest absolute Gasteiger partial charge is 0.497 e. The van der Waals surface area contributed by atoms with Crippen LogP contribution in [-0.2, 0) is 6.54 Å². The first kappa shape index (κ1) is 14.3. The maximum atomic E-state index is 5.28. The van der Waals surface area contributed by atoms with Crippen molar-refractivity contribution in [2.75, 3.05) is 20.2 Å². The van der Waals surface area contributed by atoms with Gasteiger partial charge in [0.1, 0.15) is 11.6 Å². The van der Waals surface area contributed by atoms with Crippen LogP contribution in [0.3, 0.4) is 0 Å². The van der Waals surface area contributed by atoms with Gasteiger partial charge in [-0.15, -0.1) is 0 Å². The van der Waals surface area contributed by atoms with E-state index in [1.54, 1.807) is 7.11 Å². The number of methoxy groups -OCH3 is 1. The quantitative estimate of drug-likeness (QED) is 0.801. The highest BCUT2D eigenvalue weighted by atomic mass is 16.5. The van der Waals surface area contributed by atoms with Crippen molar-refractivity contribution < 1.29 is 4.74 Å². The summed E-state index contributed by atoms with van der Waals surface area (Å²) in [5.74, 6) is 2.45. The molecule has 3 aromatic rings. The fourth-order valence-electron chi connectivity index (χ4n) is 3.37. The van der Waals surface area contributed by atoms with Crippen molar-refractivity contribution >= 4 is 11.0 Å². The Bertz CT molecular complexity index is 797. The summed E-state index contributed by atoms with van der Waals surface area (Å²) in [5.41, 5.74) is 3.45. The van der Waals surface area contributed by atoms with E-state index in [0.717, 1.165) is 48.7 Å². The predicted octanol–water partition coefficient (Wildman–Crippen LogP) is 3.56. The molecule has 0 aliphatic carbocycles. The second-order valence-corrected chi connectivity index (χ2v) is 6.21. The Morgan fingerprint density at radius 3 is 2.91 bits per heavy atom. The molecular formula is C19H21N3O. The Kier molecular flexibility index (Phi) is 3.75. The minimum atomic E-state index is 0.483. The Balaban J connectivity index is 1.49. The van der Waals surface area contributed by atoms with Crippen molar-refractivity contribution in [2.45, 2.75) is 18.9 Å². The highest BCUT2D eigenvalue weighted by Crippen LogP contribution is 2.29. The van der Waals surface area contributed by atoms with E-state index in [0.29, 0.717) is 5.92 Å². The molecule has 4 rings (SSSR count). The lowest BCUT2D eigenvalue weighted by atomic mass is 10.1. The highest BCUT2D eigenvalue weighted by Gasteiger charge is 2.26. The van der Waals surface area contributed by atoms with Gasteiger partial charge in [0.05, 0.1) is 18.1 Å². The van der Waals surface area contributed by atoms with E-state index in [9.17, 15) is 0 Å². The number of likely N-dealkylation sites (tertiary alicyclic amines) is 1. The second kappa shape index (κ2) is 6.05. The molecule has 4 heteroatoms. The van der Waals surface area contributed by atoms with Crippen LogP contribution < -0.4 is 4.74 Å². The van der Waals surface area contributed by atoms with Gasteiger partial charge in [0, 0.05) is 25.1 Å². The Morgan fingerprint density at radius 1 is 1.22 bits per heavy atom. The summed E-state index contributed by atoms with van der Waals surface area (Å²) in [5, 5.41) is 0. The zero-order valence-corrected chi connectivity index (χ0v) is 13.3. The summed E-state index contributed by atoms with van der Waals surface area (Å²) in [4.78, 5) is 10.8. The van der Waals surface area contributed by atoms with Crippen molar-refractivity contribution in [1.29, 1.82) is 0 Å². The highest BCUT2D eigenvalue weighted by molar-refractivity contribution is 5.76. The number of aromatic nitrogens is 2. The van der Waals surface area contributed by atoms with Crippen LogP contribution in [0.25, 0.3) is 11.0 Å². The summed E-state index contributed by atoms with van der Waals surface area (Å²) >= 11 is 0. The molecule has 1 unspecified atom stereocenters. The van der Waals surface area contributed by atoms with Crippen molar-refractivity contribution in [3.05, 3.63) is 59.9 Å². The number of imidazole rings is 1. The Hall–Kier alpha value is -2.33. The van der Waals surface area contributed by atoms with Gasteiger partial charge in [0.2, 0.25) is 0 Å². The van der Waals surface area contributed by atoms with Crippen molar-refractivity contribution in [2.24, 2.45) is 0 Å². The maximum absolute atomic E-state index is 5.28. The Morgan fingerprint density at radius 2 is 2.09 bits per heavy atom. The SMILES string of the molecule is COc1ccc2nc(C3CCN(Cc4ccccc4)C3)[nH]c2c1. The van der Waals surface area contributed by atoms with Crippen LogP contribution in [0.5, 0.6) is 5.75 Å². The van der Waals surface area contributed by atoms with Crippen LogP contribution in [0, 0.1) is 0 Å². The first-order chi connectivity index (χ1) is 11.3. The van der Waals surface area contributed by atoms with Crippen LogP contribution >= 0.6 is 0 Å². The molecule has 1 fully saturated rings. The van der Waals surface area contributed by atoms with Gasteiger partial charge < -0.3 is 9.72 Å². The van der Waals surface area contributed by atoms with Gasteiger partial charge in [0.15, 0.2) is 0 Å². The first-order valence-electron chi connectivity index (χ1n) is 8.12. The minimum absolute atomic E-state index is 0.483. The summed E-state index contributed by atoms with van der Waals surface area (Å²) in [6.07, 6.45) is 1.16. The van der Waals surface area contributed by atoms with Gasteiger partial charge in [-0.25, -0.2) is 4.98 Å². The topological polar surface area (TPSA) is 41.1 Å². The summed E-state index contributed by atoms with van der Waals surface area (Å²) in [6, 6.07) is 16.7. The average Bonchev–Trinajstić information content (AvgIpc) is 3.21. The molecular weight excluding hydrogens is 286 g/mol. The maximum Gasteiger partial charge on any atom is 0.121 e. The van der Waals surface area contributed by atoms with E-state index in [1.165, 1.54) is 5.56 Å². The van der Waals surface area contributed by atoms with E-state index in [-0.39, 0.29) is 0 Å². The standard InChI is InChI=1S/C19H21N3O/c1-23-16-7-8-17-18(11-16)21-19(20-17)15-9-10-22(13-15)12-14-5-3-2-4-6-14/h2-8,11,15H,9-10,12-13H2,1H3,(H,20,21). The van der Waals surface area contributed by atoms with E-state index in [4.69, 9.17) is 9.72 Å². The summed E-state index contributed by atoms with van der Waals surface area (Å²) in [6.45, 7) is 3.21. The molecule has 1 atom stereocenters. The number of hydrogen-bond acceptors (Lipinski definition) is 3. The number of benzene rings is 2. The van der Waals surface area contributed by atoms with Gasteiger partial charge in [-0.1, -0.05) is 30.3 Å². The molecule has 0 saturated carbocycles. The number of nitrogens with zero attached hydrogens (tertiary/aromatic N) is 2. The van der Waals surface area contributed by atoms with Crippen LogP contribution in [-0.4, -0.2) is 35.1 Å². The van der Waals surface area contributed by atoms with Crippen LogP contribution in [0.1, 0.15) is 23.7 Å². The van der Waals surface area contributed by atoms with E-state index < -0.39 is 0 Å². The van der Waals surface area contributed by atoms with Crippen LogP contribution in [0.4, 0.5) is 0 Å². The monoisotopic (exact) mass is 307 g/mol. The third-order valence-electron chi connectivity index (χ3n) is 4.62. The lowest BCUT2D eigenvalue weighted by Crippen LogP contribution is -2.19. The van der Waals surface area contributed by atoms with Gasteiger partial charge in [-0.05, 0) is 30.7 Å². The molecule has 1 aliphatic heterocycles. The number of aromatic amines is 1. The molecule has 1 saturated heterocycles. The van der Waals surface area contributed by atoms with Crippen LogP contribution in [0.15, 0.2) is 48.5 Å². The Labute approximate surface area is 136 Å². The van der Waals surface area contributed by atoms with Crippen LogP contribution in [0.2, 0.25) is 0 Å². The van der Waals surface area contributed by atoms with Crippen molar-refractivity contribution in [1.82, 2.24) is 14.9 Å². The van der Waals surface area contributed by atoms with Gasteiger partial charge >= 0.3 is 0 Å². The molecule has 2 aromatic carbocycles. The lowest BCUT2D eigenvalue weighted by molar-refractivity contribution is 0.326. The van der Waals surface area contributed by atoms with Gasteiger partial charge in [-0.2, -0.15) is 0 Å². The first-order valence-corrected chi connectivity index (χ1v) is 8.12. The molecule has 0 radical (unpaired) electrons. The fraction of sp³-hybridized carbons (Fsp3) is 0.316. The molecule has 0 bridgehead atoms. The number of H-pyrrole nitrogens is 1. The molecule has 1 aromatic heterocycles. The normalized spacial score (nSPS) is 18.6. The van der Waals surface area contributed by atoms with Crippen molar-refractivity contribution in [3.8, 4) is 5.75 Å². The molecule has 4 nitrogen and oxygen atoms in total. The smallest absolute Gasteiger partial charge is 0.121 e. The van der Waals surface area contributed by atoms with E-state index in [1.807, 2.05) is 18.2 Å². The zero-order chi connectivity index (χ0) is 15.6. The second-order valence-electron chi connectivity index (χ2n) is 6.21. The molecule has 0 spiro atoms. The molecule has 1 N–H and O–H groups in total. The third-order valence-corrected chi connectivity index (χ3v) is 4.62. The number of rotatable bonds is 4. The van der Waals surface area contributed by atoms with E-state index in [2.05, 4.69) is 40.2 Å². The third kappa shape index (κ3) is 2.94. The number of ether oxygens (including phenoxy) is 1. The minimum Gasteiger partial charge on any atom is -0.497 e. The molecule has 118 valence electrons. The number of nitrogens with one attached hydrogen (secondary N) is 1. The van der Waals surface area contributed by atoms with Crippen molar-refractivity contribution in [3.63, 3.8) is 0 Å². The summed E-state index contributed by atoms with van der Waals surface area (Å²) in [7, 11) is 1.69. The number of fused-ring (bicyclic) bond motifs is 1. The van der Waals surface area contributed by atoms with E-state index >= 15 is 0 Å². The fourth-order valence-corrected chi connectivity index (χ4v) is 3.37. The predicted molar refractivity (Wildman–Crippen MR) is 91.7 cm³/mol. The zero-order valence-electron chi connectivity index (χ0n) is 13.3. The lowest BCUT2D eigenvalue weighted by Gasteiger charge is -2.15. The molecule has 2 heterocycles.